The van der Waals surface area contributed by atoms with Crippen LogP contribution in [0, 0.1) is 23.2 Å². The lowest BCUT2D eigenvalue weighted by Gasteiger charge is -2.27. The second-order valence-electron chi connectivity index (χ2n) is 6.95. The Bertz CT molecular complexity index is 879. The molecule has 0 radical (unpaired) electrons. The molecule has 28 heavy (non-hydrogen) atoms. The third-order valence-electron chi connectivity index (χ3n) is 5.09. The molecule has 0 aliphatic heterocycles. The van der Waals surface area contributed by atoms with E-state index < -0.39 is 0 Å². The summed E-state index contributed by atoms with van der Waals surface area (Å²) in [6.45, 7) is 0. The molecule has 0 aromatic heterocycles. The Morgan fingerprint density at radius 3 is 2.04 bits per heavy atom. The lowest BCUT2D eigenvalue weighted by molar-refractivity contribution is -0.125. The number of carbonyl (C=O) groups is 2. The average molecular weight is 377 g/mol. The Morgan fingerprint density at radius 2 is 1.50 bits per heavy atom. The van der Waals surface area contributed by atoms with Crippen molar-refractivity contribution < 1.29 is 14.3 Å². The van der Waals surface area contributed by atoms with Crippen molar-refractivity contribution >= 4 is 23.2 Å². The van der Waals surface area contributed by atoms with Crippen LogP contribution in [-0.4, -0.2) is 18.9 Å². The average Bonchev–Trinajstić information content (AvgIpc) is 2.74. The Labute approximate surface area is 164 Å². The molecule has 1 fully saturated rings. The van der Waals surface area contributed by atoms with Crippen LogP contribution in [0.4, 0.5) is 11.4 Å². The zero-order valence-corrected chi connectivity index (χ0v) is 15.8. The highest BCUT2D eigenvalue weighted by atomic mass is 16.5. The molecule has 0 saturated heterocycles. The van der Waals surface area contributed by atoms with Crippen molar-refractivity contribution in [1.82, 2.24) is 0 Å². The molecule has 1 aliphatic rings. The van der Waals surface area contributed by atoms with E-state index >= 15 is 0 Å². The molecular weight excluding hydrogens is 354 g/mol. The van der Waals surface area contributed by atoms with Crippen molar-refractivity contribution in [2.45, 2.75) is 25.7 Å². The van der Waals surface area contributed by atoms with E-state index in [0.717, 1.165) is 11.4 Å². The summed E-state index contributed by atoms with van der Waals surface area (Å²) in [6.07, 6.45) is 2.70. The number of nitrogens with zero attached hydrogens (tertiary/aromatic N) is 1. The van der Waals surface area contributed by atoms with Gasteiger partial charge in [0.15, 0.2) is 0 Å². The smallest absolute Gasteiger partial charge is 0.227 e. The standard InChI is InChI=1S/C22H23N3O3/c1-28-20-11-9-18(10-12-20)24-21(26)16-5-7-17(8-6-16)22(27)25-19-4-2-3-15(13-19)14-23/h2-4,9-13,16-17H,5-8H2,1H3,(H,24,26)(H,25,27). The molecule has 1 saturated carbocycles. The molecule has 6 nitrogen and oxygen atoms in total. The van der Waals surface area contributed by atoms with Crippen LogP contribution in [0.3, 0.4) is 0 Å². The highest BCUT2D eigenvalue weighted by Gasteiger charge is 2.30. The number of methoxy groups -OCH3 is 1. The number of anilines is 2. The molecule has 3 rings (SSSR count). The summed E-state index contributed by atoms with van der Waals surface area (Å²) in [5.74, 6) is 0.475. The maximum atomic E-state index is 12.5. The zero-order valence-electron chi connectivity index (χ0n) is 15.8. The third-order valence-corrected chi connectivity index (χ3v) is 5.09. The van der Waals surface area contributed by atoms with Crippen molar-refractivity contribution in [3.63, 3.8) is 0 Å². The molecule has 0 unspecified atom stereocenters. The SMILES string of the molecule is COc1ccc(NC(=O)C2CCC(C(=O)Nc3cccc(C#N)c3)CC2)cc1. The van der Waals surface area contributed by atoms with E-state index in [-0.39, 0.29) is 23.7 Å². The Balaban J connectivity index is 1.49. The molecule has 2 aromatic carbocycles. The van der Waals surface area contributed by atoms with Crippen molar-refractivity contribution in [3.8, 4) is 11.8 Å². The van der Waals surface area contributed by atoms with Crippen LogP contribution in [0.15, 0.2) is 48.5 Å². The monoisotopic (exact) mass is 377 g/mol. The van der Waals surface area contributed by atoms with Gasteiger partial charge in [-0.2, -0.15) is 5.26 Å². The fourth-order valence-electron chi connectivity index (χ4n) is 3.45. The molecular formula is C22H23N3O3. The summed E-state index contributed by atoms with van der Waals surface area (Å²) in [7, 11) is 1.60. The lowest BCUT2D eigenvalue weighted by Crippen LogP contribution is -2.32. The molecule has 2 aromatic rings. The van der Waals surface area contributed by atoms with Gasteiger partial charge >= 0.3 is 0 Å². The van der Waals surface area contributed by atoms with Gasteiger partial charge in [-0.15, -0.1) is 0 Å². The quantitative estimate of drug-likeness (QED) is 0.825. The van der Waals surface area contributed by atoms with Gasteiger partial charge in [0.25, 0.3) is 0 Å². The van der Waals surface area contributed by atoms with Crippen LogP contribution in [-0.2, 0) is 9.59 Å². The van der Waals surface area contributed by atoms with E-state index in [2.05, 4.69) is 16.7 Å². The normalized spacial score (nSPS) is 18.6. The van der Waals surface area contributed by atoms with Gasteiger partial charge in [0.05, 0.1) is 18.7 Å². The number of nitriles is 1. The first-order valence-electron chi connectivity index (χ1n) is 9.35. The summed E-state index contributed by atoms with van der Waals surface area (Å²) >= 11 is 0. The first kappa shape index (κ1) is 19.4. The molecule has 144 valence electrons. The van der Waals surface area contributed by atoms with E-state index in [1.807, 2.05) is 12.1 Å². The van der Waals surface area contributed by atoms with Gasteiger partial charge in [0.2, 0.25) is 11.8 Å². The van der Waals surface area contributed by atoms with Crippen LogP contribution in [0.1, 0.15) is 31.2 Å². The predicted molar refractivity (Wildman–Crippen MR) is 107 cm³/mol. The highest BCUT2D eigenvalue weighted by Crippen LogP contribution is 2.31. The fourth-order valence-corrected chi connectivity index (χ4v) is 3.45. The molecule has 1 aliphatic carbocycles. The lowest BCUT2D eigenvalue weighted by atomic mass is 9.81. The van der Waals surface area contributed by atoms with E-state index in [4.69, 9.17) is 10.00 Å². The number of amides is 2. The topological polar surface area (TPSA) is 91.2 Å². The summed E-state index contributed by atoms with van der Waals surface area (Å²) in [5, 5.41) is 14.8. The van der Waals surface area contributed by atoms with Crippen molar-refractivity contribution in [3.05, 3.63) is 54.1 Å². The van der Waals surface area contributed by atoms with Gasteiger partial charge in [0, 0.05) is 23.2 Å². The minimum Gasteiger partial charge on any atom is -0.497 e. The van der Waals surface area contributed by atoms with E-state index in [0.29, 0.717) is 36.9 Å². The number of hydrogen-bond donors (Lipinski definition) is 2. The second-order valence-corrected chi connectivity index (χ2v) is 6.95. The summed E-state index contributed by atoms with van der Waals surface area (Å²) in [6, 6.07) is 16.2. The first-order valence-corrected chi connectivity index (χ1v) is 9.35. The number of hydrogen-bond acceptors (Lipinski definition) is 4. The van der Waals surface area contributed by atoms with Crippen LogP contribution < -0.4 is 15.4 Å². The van der Waals surface area contributed by atoms with Gasteiger partial charge in [-0.25, -0.2) is 0 Å². The Kier molecular flexibility index (Phi) is 6.28. The molecule has 6 heteroatoms. The number of benzene rings is 2. The highest BCUT2D eigenvalue weighted by molar-refractivity contribution is 5.94. The van der Waals surface area contributed by atoms with Gasteiger partial charge in [0.1, 0.15) is 5.75 Å². The molecule has 0 spiro atoms. The van der Waals surface area contributed by atoms with E-state index in [1.54, 1.807) is 43.5 Å². The van der Waals surface area contributed by atoms with Crippen LogP contribution in [0.2, 0.25) is 0 Å². The van der Waals surface area contributed by atoms with Crippen LogP contribution in [0.5, 0.6) is 5.75 Å². The zero-order chi connectivity index (χ0) is 19.9. The minimum absolute atomic E-state index is 0.00857. The molecule has 2 amide bonds. The number of carbonyl (C=O) groups excluding carboxylic acids is 2. The summed E-state index contributed by atoms with van der Waals surface area (Å²) in [4.78, 5) is 25.0. The first-order chi connectivity index (χ1) is 13.6. The van der Waals surface area contributed by atoms with Crippen molar-refractivity contribution in [2.75, 3.05) is 17.7 Å². The van der Waals surface area contributed by atoms with Gasteiger partial charge in [-0.1, -0.05) is 6.07 Å². The number of ether oxygens (including phenoxy) is 1. The molecule has 0 heterocycles. The largest absolute Gasteiger partial charge is 0.497 e. The maximum Gasteiger partial charge on any atom is 0.227 e. The van der Waals surface area contributed by atoms with Crippen molar-refractivity contribution in [2.24, 2.45) is 11.8 Å². The van der Waals surface area contributed by atoms with E-state index in [9.17, 15) is 9.59 Å². The fraction of sp³-hybridized carbons (Fsp3) is 0.318. The summed E-state index contributed by atoms with van der Waals surface area (Å²) in [5.41, 5.74) is 1.88. The molecule has 2 N–H and O–H groups in total. The van der Waals surface area contributed by atoms with Gasteiger partial charge in [-0.3, -0.25) is 9.59 Å². The van der Waals surface area contributed by atoms with E-state index in [1.165, 1.54) is 0 Å². The predicted octanol–water partition coefficient (Wildman–Crippen LogP) is 3.95. The number of nitrogens with one attached hydrogen (secondary N) is 2. The van der Waals surface area contributed by atoms with Gasteiger partial charge < -0.3 is 15.4 Å². The van der Waals surface area contributed by atoms with Gasteiger partial charge in [-0.05, 0) is 68.1 Å². The minimum atomic E-state index is -0.115. The summed E-state index contributed by atoms with van der Waals surface area (Å²) < 4.78 is 5.11. The Hall–Kier alpha value is -3.33. The molecule has 0 atom stereocenters. The van der Waals surface area contributed by atoms with Crippen LogP contribution >= 0.6 is 0 Å². The van der Waals surface area contributed by atoms with Crippen molar-refractivity contribution in [1.29, 1.82) is 5.26 Å². The van der Waals surface area contributed by atoms with Crippen LogP contribution in [0.25, 0.3) is 0 Å². The molecule has 0 bridgehead atoms. The maximum absolute atomic E-state index is 12.5. The second kappa shape index (κ2) is 9.05. The Morgan fingerprint density at radius 1 is 0.929 bits per heavy atom. The third kappa shape index (κ3) is 4.89. The number of rotatable bonds is 5.